The van der Waals surface area contributed by atoms with Crippen molar-refractivity contribution in [3.05, 3.63) is 0 Å². The summed E-state index contributed by atoms with van der Waals surface area (Å²) in [5, 5.41) is 0. The first-order chi connectivity index (χ1) is 4.19. The van der Waals surface area contributed by atoms with Gasteiger partial charge in [-0.25, -0.2) is 0 Å². The van der Waals surface area contributed by atoms with Crippen LogP contribution in [0.3, 0.4) is 0 Å². The third-order valence-corrected chi connectivity index (χ3v) is 5.00. The highest BCUT2D eigenvalue weighted by Gasteiger charge is 2.49. The van der Waals surface area contributed by atoms with Crippen molar-refractivity contribution in [2.75, 3.05) is 0 Å². The first kappa shape index (κ1) is 11.7. The number of rotatable bonds is 2. The molecule has 0 fully saturated rings. The van der Waals surface area contributed by atoms with Crippen LogP contribution in [0.15, 0.2) is 0 Å². The summed E-state index contributed by atoms with van der Waals surface area (Å²) in [4.78, 5) is 0. The van der Waals surface area contributed by atoms with Crippen LogP contribution in [-0.4, -0.2) is 9.09 Å². The van der Waals surface area contributed by atoms with Gasteiger partial charge in [0.1, 0.15) is 5.71 Å². The molecule has 6 heteroatoms. The van der Waals surface area contributed by atoms with E-state index in [4.69, 9.17) is 5.50 Å². The van der Waals surface area contributed by atoms with Gasteiger partial charge >= 0.3 is 0 Å². The van der Waals surface area contributed by atoms with Crippen LogP contribution < -0.4 is 5.50 Å². The SMILES string of the molecule is CC(C)(I)C(F)(F)P(N)I. The molecule has 62 valence electrons. The molecule has 0 saturated heterocycles. The number of alkyl halides is 3. The molecule has 0 aliphatic rings. The zero-order valence-corrected chi connectivity index (χ0v) is 10.7. The molecule has 0 aromatic rings. The lowest BCUT2D eigenvalue weighted by atomic mass is 10.2. The van der Waals surface area contributed by atoms with Crippen molar-refractivity contribution < 1.29 is 8.78 Å². The van der Waals surface area contributed by atoms with Crippen molar-refractivity contribution in [2.45, 2.75) is 22.9 Å². The molecule has 0 aromatic heterocycles. The molecule has 0 aliphatic heterocycles. The Labute approximate surface area is 86.9 Å². The van der Waals surface area contributed by atoms with E-state index in [0.29, 0.717) is 0 Å². The first-order valence-electron chi connectivity index (χ1n) is 2.47. The van der Waals surface area contributed by atoms with E-state index in [0.717, 1.165) is 0 Å². The van der Waals surface area contributed by atoms with Gasteiger partial charge in [0.15, 0.2) is 0 Å². The second-order valence-electron chi connectivity index (χ2n) is 2.32. The molecule has 0 aromatic carbocycles. The third kappa shape index (κ3) is 2.64. The standard InChI is InChI=1S/C4H8F2I2NP/c1-3(2,7)4(5,6)10(8)9/h9H2,1-2H3. The molecular formula is C4H8F2I2NP. The number of halogens is 4. The molecule has 0 spiro atoms. The minimum Gasteiger partial charge on any atom is -0.297 e. The summed E-state index contributed by atoms with van der Waals surface area (Å²) in [6.45, 7) is 2.96. The van der Waals surface area contributed by atoms with Gasteiger partial charge in [0, 0.05) is 0 Å². The molecule has 0 saturated carbocycles. The van der Waals surface area contributed by atoms with Gasteiger partial charge in [-0.2, -0.15) is 8.78 Å². The topological polar surface area (TPSA) is 26.0 Å². The molecule has 10 heavy (non-hydrogen) atoms. The minimum absolute atomic E-state index is 1.05. The smallest absolute Gasteiger partial charge is 0.297 e. The Hall–Kier alpha value is 1.71. The van der Waals surface area contributed by atoms with Crippen LogP contribution in [0, 0.1) is 0 Å². The second kappa shape index (κ2) is 3.62. The van der Waals surface area contributed by atoms with Crippen LogP contribution in [0.4, 0.5) is 8.78 Å². The second-order valence-corrected chi connectivity index (χ2v) is 9.32. The molecule has 0 heterocycles. The lowest BCUT2D eigenvalue weighted by Gasteiger charge is -2.30. The zero-order valence-electron chi connectivity index (χ0n) is 5.54. The highest BCUT2D eigenvalue weighted by atomic mass is 127. The largest absolute Gasteiger partial charge is 0.300 e. The summed E-state index contributed by atoms with van der Waals surface area (Å²) in [5.74, 6) is 0. The van der Waals surface area contributed by atoms with Gasteiger partial charge in [0.2, 0.25) is 0 Å². The molecule has 0 amide bonds. The maximum absolute atomic E-state index is 12.9. The molecule has 2 N–H and O–H groups in total. The van der Waals surface area contributed by atoms with Crippen LogP contribution >= 0.6 is 50.3 Å². The van der Waals surface area contributed by atoms with Crippen molar-refractivity contribution in [3.63, 3.8) is 0 Å². The van der Waals surface area contributed by atoms with Crippen molar-refractivity contribution >= 4 is 50.3 Å². The molecule has 0 bridgehead atoms. The molecular weight excluding hydrogens is 385 g/mol. The molecule has 1 unspecified atom stereocenters. The van der Waals surface area contributed by atoms with Gasteiger partial charge in [-0.1, -0.05) is 22.6 Å². The van der Waals surface area contributed by atoms with Crippen LogP contribution in [-0.2, 0) is 0 Å². The monoisotopic (exact) mass is 393 g/mol. The number of nitrogens with two attached hydrogens (primary N) is 1. The highest BCUT2D eigenvalue weighted by Crippen LogP contribution is 2.60. The average molecular weight is 393 g/mol. The van der Waals surface area contributed by atoms with Crippen molar-refractivity contribution in [3.8, 4) is 0 Å². The minimum atomic E-state index is -2.75. The van der Waals surface area contributed by atoms with E-state index >= 15 is 0 Å². The van der Waals surface area contributed by atoms with Crippen molar-refractivity contribution in [1.29, 1.82) is 0 Å². The lowest BCUT2D eigenvalue weighted by molar-refractivity contribution is 0.0742. The van der Waals surface area contributed by atoms with Crippen LogP contribution in [0.1, 0.15) is 13.8 Å². The predicted octanol–water partition coefficient (Wildman–Crippen LogP) is 3.50. The summed E-state index contributed by atoms with van der Waals surface area (Å²) >= 11 is 3.31. The van der Waals surface area contributed by atoms with Gasteiger partial charge in [-0.05, 0) is 35.9 Å². The van der Waals surface area contributed by atoms with Gasteiger partial charge in [0.05, 0.1) is 3.42 Å². The Kier molecular flexibility index (Phi) is 4.23. The van der Waals surface area contributed by atoms with E-state index in [1.807, 2.05) is 0 Å². The van der Waals surface area contributed by atoms with Crippen LogP contribution in [0.5, 0.6) is 0 Å². The molecule has 0 aliphatic carbocycles. The number of hydrogen-bond donors (Lipinski definition) is 1. The average Bonchev–Trinajstić information content (AvgIpc) is 1.62. The van der Waals surface area contributed by atoms with E-state index in [1.165, 1.54) is 13.8 Å². The maximum atomic E-state index is 12.9. The summed E-state index contributed by atoms with van der Waals surface area (Å²) in [7, 11) is 0. The van der Waals surface area contributed by atoms with Gasteiger partial charge in [-0.3, -0.25) is 5.50 Å². The summed E-state index contributed by atoms with van der Waals surface area (Å²) in [5.41, 5.74) is 0.704. The summed E-state index contributed by atoms with van der Waals surface area (Å²) < 4.78 is 24.8. The number of hydrogen-bond acceptors (Lipinski definition) is 1. The lowest BCUT2D eigenvalue weighted by Crippen LogP contribution is -2.35. The molecule has 0 rings (SSSR count). The molecule has 1 atom stereocenters. The van der Waals surface area contributed by atoms with Crippen molar-refractivity contribution in [2.24, 2.45) is 5.50 Å². The van der Waals surface area contributed by atoms with Gasteiger partial charge < -0.3 is 0 Å². The quantitative estimate of drug-likeness (QED) is 0.434. The first-order valence-corrected chi connectivity index (χ1v) is 7.74. The Morgan fingerprint density at radius 3 is 1.70 bits per heavy atom. The molecule has 1 nitrogen and oxygen atoms in total. The Morgan fingerprint density at radius 1 is 1.40 bits per heavy atom. The fourth-order valence-corrected chi connectivity index (χ4v) is 4.74. The fourth-order valence-electron chi connectivity index (χ4n) is 0.254. The van der Waals surface area contributed by atoms with Crippen LogP contribution in [0.25, 0.3) is 0 Å². The van der Waals surface area contributed by atoms with E-state index in [2.05, 4.69) is 0 Å². The van der Waals surface area contributed by atoms with E-state index in [-0.39, 0.29) is 0 Å². The Balaban J connectivity index is 4.40. The van der Waals surface area contributed by atoms with E-state index in [1.54, 1.807) is 44.6 Å². The zero-order chi connectivity index (χ0) is 8.58. The maximum Gasteiger partial charge on any atom is 0.300 e. The third-order valence-electron chi connectivity index (χ3n) is 0.984. The highest BCUT2D eigenvalue weighted by molar-refractivity contribution is 14.2. The van der Waals surface area contributed by atoms with Crippen LogP contribution in [0.2, 0.25) is 0 Å². The Bertz CT molecular complexity index is 123. The molecule has 0 radical (unpaired) electrons. The van der Waals surface area contributed by atoms with E-state index in [9.17, 15) is 8.78 Å². The Morgan fingerprint density at radius 2 is 1.70 bits per heavy atom. The van der Waals surface area contributed by atoms with Crippen molar-refractivity contribution in [1.82, 2.24) is 0 Å². The predicted molar refractivity (Wildman–Crippen MR) is 58.2 cm³/mol. The van der Waals surface area contributed by atoms with Gasteiger partial charge in [0.25, 0.3) is 5.66 Å². The van der Waals surface area contributed by atoms with E-state index < -0.39 is 14.8 Å². The van der Waals surface area contributed by atoms with Gasteiger partial charge in [-0.15, -0.1) is 0 Å². The normalized spacial score (nSPS) is 17.1. The fraction of sp³-hybridized carbons (Fsp3) is 1.00. The summed E-state index contributed by atoms with van der Waals surface area (Å²) in [6.07, 6.45) is 0. The summed E-state index contributed by atoms with van der Waals surface area (Å²) in [6, 6.07) is 0.